The first-order chi connectivity index (χ1) is 41.3. The summed E-state index contributed by atoms with van der Waals surface area (Å²) in [7, 11) is 6.48. The Hall–Kier alpha value is -4.90. The molecule has 25 heteroatoms. The van der Waals surface area contributed by atoms with Crippen molar-refractivity contribution in [2.45, 2.75) is 191 Å². The zero-order chi connectivity index (χ0) is 63.7. The van der Waals surface area contributed by atoms with Crippen molar-refractivity contribution >= 4 is 23.8 Å². The Labute approximate surface area is 511 Å². The molecule has 7 rings (SSSR count). The molecule has 2 aromatic heterocycles. The van der Waals surface area contributed by atoms with Crippen molar-refractivity contribution < 1.29 is 76.4 Å². The number of ether oxygens (including phenoxy) is 10. The zero-order valence-corrected chi connectivity index (χ0v) is 53.3. The number of benzene rings is 1. The van der Waals surface area contributed by atoms with Crippen molar-refractivity contribution in [3.8, 4) is 11.1 Å². The van der Waals surface area contributed by atoms with Crippen LogP contribution in [0.3, 0.4) is 0 Å². The lowest BCUT2D eigenvalue weighted by Crippen LogP contribution is -2.63. The number of nitrogens with two attached hydrogens (primary N) is 2. The standard InChI is InChI=1S/C62H98FN9O15/c1-15-49-62(10,87-59(65)77)45(31-66-30-44-33-81-22-23-82-44)36(4)51(73)34(2)25-61(9,80-14)55(37(5)50(38(6)56(76)85-49)48-26-60(8,79-13)54(75)39(7)84-48)86-57-52(74)46(24-35(3)83-57)71(11)21-20-43-32-72(70-69-43)47(27-63)53(78-12)41-18-16-40(17-19-41)42-28-67-58(64)68-29-42/h16-19,28-29,32,34-39,44-50,52-55,57,66,74-75H,15,20-27,30-31,33H2,1-14H3,(H2,65,77)(H2,64,67,68)/t34-,35-,36-,37+,38-,39+,44?,45-,46+,47-,48-,49-,50?,52-,53-,54+,55-,57+,60-,61-,62+/m1/s1. The van der Waals surface area contributed by atoms with Crippen molar-refractivity contribution in [2.24, 2.45) is 41.2 Å². The molecule has 1 amide bonds. The second kappa shape index (κ2) is 30.3. The number of aliphatic hydroxyl groups is 2. The molecular formula is C62H98FN9O15. The third-order valence-corrected chi connectivity index (χ3v) is 19.3. The Bertz CT molecular complexity index is 2680. The number of alkyl halides is 1. The first-order valence-corrected chi connectivity index (χ1v) is 30.7. The van der Waals surface area contributed by atoms with Gasteiger partial charge in [0, 0.05) is 108 Å². The molecule has 4 aliphatic heterocycles. The molecule has 4 saturated heterocycles. The number of rotatable bonds is 21. The number of nitrogens with zero attached hydrogens (tertiary/aromatic N) is 6. The summed E-state index contributed by atoms with van der Waals surface area (Å²) in [5.41, 5.74) is 10.4. The number of likely N-dealkylation sites (N-methyl/N-ethyl adjacent to an activating group) is 1. The normalized spacial score (nSPS) is 36.6. The summed E-state index contributed by atoms with van der Waals surface area (Å²) in [5, 5.41) is 36.4. The minimum Gasteiger partial charge on any atom is -0.458 e. The lowest BCUT2D eigenvalue weighted by atomic mass is 9.67. The lowest BCUT2D eigenvalue weighted by molar-refractivity contribution is -0.305. The van der Waals surface area contributed by atoms with Crippen LogP contribution < -0.4 is 16.8 Å². The number of halogens is 1. The smallest absolute Gasteiger partial charge is 0.405 e. The van der Waals surface area contributed by atoms with E-state index in [0.717, 1.165) is 16.7 Å². The molecule has 0 saturated carbocycles. The SMILES string of the molecule is CC[C@H]1OC(=O)[C@H](C)C([C@H]2C[C@@](C)(OC)[C@@H](O)[C@H](C)O2)[C@H](C)[C@@H](O[C@@H]2O[C@H](C)C[C@H](N(C)CCc3cn([C@H](CF)[C@H](OC)c4ccc(-c5cnc(N)nc5)cc4)nn3)[C@H]2O)[C@](C)(OC)C[C@@H](C)C(=O)[C@H](C)[C@@H](CNCC2COCCO2)[C@]1(C)OC(N)=O. The van der Waals surface area contributed by atoms with Crippen LogP contribution in [0.25, 0.3) is 11.1 Å². The number of esters is 1. The quantitative estimate of drug-likeness (QED) is 0.0854. The highest BCUT2D eigenvalue weighted by Gasteiger charge is 2.57. The van der Waals surface area contributed by atoms with Crippen LogP contribution in [-0.2, 0) is 63.4 Å². The van der Waals surface area contributed by atoms with Gasteiger partial charge in [0.2, 0.25) is 5.95 Å². The van der Waals surface area contributed by atoms with Crippen LogP contribution in [0, 0.1) is 35.5 Å². The van der Waals surface area contributed by atoms with E-state index in [4.69, 9.17) is 58.8 Å². The Morgan fingerprint density at radius 1 is 0.943 bits per heavy atom. The molecular weight excluding hydrogens is 1130 g/mol. The van der Waals surface area contributed by atoms with E-state index >= 15 is 14.0 Å². The molecule has 0 radical (unpaired) electrons. The minimum atomic E-state index is -1.64. The molecule has 6 heterocycles. The number of Topliss-reactive ketones (excluding diaryl/α,β-unsaturated/α-hetero) is 1. The van der Waals surface area contributed by atoms with Gasteiger partial charge in [-0.25, -0.2) is 23.8 Å². The summed E-state index contributed by atoms with van der Waals surface area (Å²) < 4.78 is 79.9. The molecule has 24 nitrogen and oxygen atoms in total. The second-order valence-corrected chi connectivity index (χ2v) is 25.3. The van der Waals surface area contributed by atoms with Gasteiger partial charge >= 0.3 is 12.1 Å². The second-order valence-electron chi connectivity index (χ2n) is 25.3. The Kier molecular flexibility index (Phi) is 24.2. The maximum Gasteiger partial charge on any atom is 0.405 e. The van der Waals surface area contributed by atoms with Gasteiger partial charge in [0.15, 0.2) is 11.9 Å². The van der Waals surface area contributed by atoms with Crippen molar-refractivity contribution in [2.75, 3.05) is 80.2 Å². The average molecular weight is 1230 g/mol. The molecule has 7 N–H and O–H groups in total. The molecule has 87 heavy (non-hydrogen) atoms. The summed E-state index contributed by atoms with van der Waals surface area (Å²) in [4.78, 5) is 53.9. The molecule has 4 fully saturated rings. The predicted octanol–water partition coefficient (Wildman–Crippen LogP) is 5.22. The molecule has 21 atom stereocenters. The van der Waals surface area contributed by atoms with E-state index in [1.807, 2.05) is 70.8 Å². The summed E-state index contributed by atoms with van der Waals surface area (Å²) in [6.45, 7) is 19.4. The number of aliphatic hydroxyl groups excluding tert-OH is 2. The van der Waals surface area contributed by atoms with Crippen molar-refractivity contribution in [1.29, 1.82) is 0 Å². The summed E-state index contributed by atoms with van der Waals surface area (Å²) in [5.74, 6) is -5.52. The average Bonchev–Trinajstić information content (AvgIpc) is 1.22. The fourth-order valence-corrected chi connectivity index (χ4v) is 14.1. The first kappa shape index (κ1) is 69.6. The lowest BCUT2D eigenvalue weighted by Gasteiger charge is -2.52. The number of carbonyl (C=O) groups excluding carboxylic acids is 3. The number of amides is 1. The maximum absolute atomic E-state index is 15.3. The van der Waals surface area contributed by atoms with Gasteiger partial charge in [-0.2, -0.15) is 0 Å². The number of hydrogen-bond acceptors (Lipinski definition) is 22. The summed E-state index contributed by atoms with van der Waals surface area (Å²) >= 11 is 0. The van der Waals surface area contributed by atoms with Crippen molar-refractivity contribution in [3.05, 3.63) is 54.1 Å². The number of nitrogen functional groups attached to an aromatic ring is 1. The minimum absolute atomic E-state index is 0.0884. The number of hydrogen-bond donors (Lipinski definition) is 5. The van der Waals surface area contributed by atoms with E-state index in [1.54, 1.807) is 60.3 Å². The molecule has 488 valence electrons. The Morgan fingerprint density at radius 2 is 1.63 bits per heavy atom. The predicted molar refractivity (Wildman–Crippen MR) is 318 cm³/mol. The van der Waals surface area contributed by atoms with Crippen LogP contribution in [0.15, 0.2) is 42.9 Å². The number of anilines is 1. The van der Waals surface area contributed by atoms with Gasteiger partial charge in [-0.1, -0.05) is 64.1 Å². The fourth-order valence-electron chi connectivity index (χ4n) is 14.1. The number of nitrogens with one attached hydrogen (secondary N) is 1. The number of primary amides is 1. The van der Waals surface area contributed by atoms with E-state index in [0.29, 0.717) is 51.4 Å². The molecule has 3 aromatic rings. The number of carbonyl (C=O) groups is 3. The van der Waals surface area contributed by atoms with Crippen LogP contribution in [0.1, 0.15) is 118 Å². The van der Waals surface area contributed by atoms with Crippen LogP contribution in [-0.4, -0.2) is 210 Å². The van der Waals surface area contributed by atoms with E-state index in [9.17, 15) is 15.0 Å². The van der Waals surface area contributed by atoms with E-state index in [2.05, 4.69) is 25.6 Å². The van der Waals surface area contributed by atoms with E-state index in [1.165, 1.54) is 18.9 Å². The van der Waals surface area contributed by atoms with Gasteiger partial charge < -0.3 is 79.3 Å². The first-order valence-electron chi connectivity index (χ1n) is 30.7. The molecule has 4 aliphatic rings. The molecule has 2 unspecified atom stereocenters. The summed E-state index contributed by atoms with van der Waals surface area (Å²) in [6.07, 6.45) is -3.51. The van der Waals surface area contributed by atoms with Gasteiger partial charge in [-0.3, -0.25) is 9.59 Å². The third kappa shape index (κ3) is 16.0. The van der Waals surface area contributed by atoms with Gasteiger partial charge in [0.05, 0.1) is 73.2 Å². The monoisotopic (exact) mass is 1230 g/mol. The zero-order valence-electron chi connectivity index (χ0n) is 53.3. The number of aromatic nitrogens is 5. The Balaban J connectivity index is 1.19. The van der Waals surface area contributed by atoms with Gasteiger partial charge in [-0.15, -0.1) is 5.10 Å². The highest BCUT2D eigenvalue weighted by Crippen LogP contribution is 2.47. The van der Waals surface area contributed by atoms with E-state index < -0.39 is 138 Å². The van der Waals surface area contributed by atoms with E-state index in [-0.39, 0.29) is 43.6 Å². The number of methoxy groups -OCH3 is 3. The van der Waals surface area contributed by atoms with Crippen molar-refractivity contribution in [1.82, 2.24) is 35.2 Å². The Morgan fingerprint density at radius 3 is 2.24 bits per heavy atom. The molecule has 0 aliphatic carbocycles. The molecule has 0 bridgehead atoms. The largest absolute Gasteiger partial charge is 0.458 e. The fraction of sp³-hybridized carbons (Fsp3) is 0.758. The van der Waals surface area contributed by atoms with Gasteiger partial charge in [-0.05, 0) is 78.0 Å². The van der Waals surface area contributed by atoms with Crippen LogP contribution in [0.4, 0.5) is 15.1 Å². The van der Waals surface area contributed by atoms with Gasteiger partial charge in [0.25, 0.3) is 0 Å². The third-order valence-electron chi connectivity index (χ3n) is 19.3. The highest BCUT2D eigenvalue weighted by atomic mass is 19.1. The molecule has 1 aromatic carbocycles. The van der Waals surface area contributed by atoms with Crippen LogP contribution in [0.2, 0.25) is 0 Å². The van der Waals surface area contributed by atoms with Crippen LogP contribution >= 0.6 is 0 Å². The summed E-state index contributed by atoms with van der Waals surface area (Å²) in [6, 6.07) is 6.14. The highest BCUT2D eigenvalue weighted by molar-refractivity contribution is 5.83. The van der Waals surface area contributed by atoms with Crippen molar-refractivity contribution in [3.63, 3.8) is 0 Å². The number of cyclic esters (lactones) is 1. The maximum atomic E-state index is 15.3. The topological polar surface area (TPSA) is 308 Å². The van der Waals surface area contributed by atoms with Gasteiger partial charge in [0.1, 0.15) is 42.9 Å². The molecule has 0 spiro atoms. The van der Waals surface area contributed by atoms with Crippen LogP contribution in [0.5, 0.6) is 0 Å². The number of ketones is 1.